The summed E-state index contributed by atoms with van der Waals surface area (Å²) in [5.41, 5.74) is 0. The summed E-state index contributed by atoms with van der Waals surface area (Å²) >= 11 is 0. The Balaban J connectivity index is 1.82. The lowest BCUT2D eigenvalue weighted by molar-refractivity contribution is -0.131. The first-order valence-corrected chi connectivity index (χ1v) is 8.11. The Morgan fingerprint density at radius 2 is 1.85 bits per heavy atom. The fraction of sp³-hybridized carbons (Fsp3) is 0.462. The zero-order valence-corrected chi connectivity index (χ0v) is 12.0. The molecule has 1 aliphatic heterocycles. The number of amides is 1. The Bertz CT molecular complexity index is 539. The fourth-order valence-electron chi connectivity index (χ4n) is 2.05. The van der Waals surface area contributed by atoms with E-state index >= 15 is 0 Å². The molecule has 6 nitrogen and oxygen atoms in total. The standard InChI is InChI=1S/C13H19N3O3S/c17-13(16-10-8-14-9-11-16)6-7-15-20(18,19)12-4-2-1-3-5-12/h1-5,14-15H,6-11H2. The average Bonchev–Trinajstić information content (AvgIpc) is 2.49. The number of nitrogens with zero attached hydrogens (tertiary/aromatic N) is 1. The number of sulfonamides is 1. The van der Waals surface area contributed by atoms with Crippen molar-refractivity contribution < 1.29 is 13.2 Å². The highest BCUT2D eigenvalue weighted by atomic mass is 32.2. The van der Waals surface area contributed by atoms with E-state index < -0.39 is 10.0 Å². The SMILES string of the molecule is O=C(CCNS(=O)(=O)c1ccccc1)N1CCNCC1. The van der Waals surface area contributed by atoms with E-state index in [0.717, 1.165) is 13.1 Å². The van der Waals surface area contributed by atoms with Crippen LogP contribution >= 0.6 is 0 Å². The number of carbonyl (C=O) groups excluding carboxylic acids is 1. The maximum absolute atomic E-state index is 11.9. The molecule has 1 fully saturated rings. The second-order valence-corrected chi connectivity index (χ2v) is 6.36. The van der Waals surface area contributed by atoms with Gasteiger partial charge in [-0.2, -0.15) is 0 Å². The van der Waals surface area contributed by atoms with Gasteiger partial charge in [0.25, 0.3) is 0 Å². The van der Waals surface area contributed by atoms with Crippen LogP contribution in [0, 0.1) is 0 Å². The quantitative estimate of drug-likeness (QED) is 0.788. The van der Waals surface area contributed by atoms with Crippen LogP contribution in [0.1, 0.15) is 6.42 Å². The van der Waals surface area contributed by atoms with Crippen molar-refractivity contribution in [2.75, 3.05) is 32.7 Å². The van der Waals surface area contributed by atoms with Crippen LogP contribution in [0.15, 0.2) is 35.2 Å². The molecule has 0 bridgehead atoms. The summed E-state index contributed by atoms with van der Waals surface area (Å²) in [5.74, 6) is -0.0118. The molecule has 0 atom stereocenters. The van der Waals surface area contributed by atoms with E-state index in [2.05, 4.69) is 10.0 Å². The van der Waals surface area contributed by atoms with Gasteiger partial charge in [-0.1, -0.05) is 18.2 Å². The zero-order chi connectivity index (χ0) is 14.4. The summed E-state index contributed by atoms with van der Waals surface area (Å²) < 4.78 is 26.3. The fourth-order valence-corrected chi connectivity index (χ4v) is 3.10. The lowest BCUT2D eigenvalue weighted by Gasteiger charge is -2.27. The average molecular weight is 297 g/mol. The molecule has 1 saturated heterocycles. The number of carbonyl (C=O) groups is 1. The van der Waals surface area contributed by atoms with E-state index in [4.69, 9.17) is 0 Å². The molecule has 1 aromatic rings. The minimum atomic E-state index is -3.52. The van der Waals surface area contributed by atoms with Crippen molar-refractivity contribution in [3.05, 3.63) is 30.3 Å². The summed E-state index contributed by atoms with van der Waals surface area (Å²) in [7, 11) is -3.52. The predicted octanol–water partition coefficient (Wildman–Crippen LogP) is -0.213. The molecular weight excluding hydrogens is 278 g/mol. The summed E-state index contributed by atoms with van der Waals surface area (Å²) in [6, 6.07) is 8.15. The monoisotopic (exact) mass is 297 g/mol. The number of hydrogen-bond acceptors (Lipinski definition) is 4. The smallest absolute Gasteiger partial charge is 0.240 e. The molecule has 0 unspecified atom stereocenters. The van der Waals surface area contributed by atoms with Gasteiger partial charge in [-0.15, -0.1) is 0 Å². The molecule has 2 N–H and O–H groups in total. The first kappa shape index (κ1) is 15.0. The van der Waals surface area contributed by atoms with Crippen LogP contribution < -0.4 is 10.0 Å². The number of benzene rings is 1. The summed E-state index contributed by atoms with van der Waals surface area (Å²) in [6.45, 7) is 3.08. The van der Waals surface area contributed by atoms with Crippen LogP contribution in [0.2, 0.25) is 0 Å². The lowest BCUT2D eigenvalue weighted by atomic mass is 10.3. The van der Waals surface area contributed by atoms with E-state index in [9.17, 15) is 13.2 Å². The summed E-state index contributed by atoms with van der Waals surface area (Å²) in [4.78, 5) is 13.9. The zero-order valence-electron chi connectivity index (χ0n) is 11.2. The Morgan fingerprint density at radius 1 is 1.20 bits per heavy atom. The van der Waals surface area contributed by atoms with Crippen molar-refractivity contribution in [1.82, 2.24) is 14.9 Å². The molecule has 1 aliphatic rings. The molecule has 110 valence electrons. The largest absolute Gasteiger partial charge is 0.340 e. The van der Waals surface area contributed by atoms with Crippen LogP contribution in [-0.2, 0) is 14.8 Å². The van der Waals surface area contributed by atoms with Crippen molar-refractivity contribution in [3.63, 3.8) is 0 Å². The summed E-state index contributed by atoms with van der Waals surface area (Å²) in [6.07, 6.45) is 0.187. The molecule has 2 rings (SSSR count). The van der Waals surface area contributed by atoms with Crippen molar-refractivity contribution in [3.8, 4) is 0 Å². The summed E-state index contributed by atoms with van der Waals surface area (Å²) in [5, 5.41) is 3.17. The van der Waals surface area contributed by atoms with Gasteiger partial charge < -0.3 is 10.2 Å². The van der Waals surface area contributed by atoms with Gasteiger partial charge in [-0.25, -0.2) is 13.1 Å². The third-order valence-corrected chi connectivity index (χ3v) is 4.63. The number of hydrogen-bond donors (Lipinski definition) is 2. The van der Waals surface area contributed by atoms with Gasteiger partial charge in [0.15, 0.2) is 0 Å². The lowest BCUT2D eigenvalue weighted by Crippen LogP contribution is -2.47. The highest BCUT2D eigenvalue weighted by molar-refractivity contribution is 7.89. The Labute approximate surface area is 119 Å². The van der Waals surface area contributed by atoms with E-state index in [-0.39, 0.29) is 23.8 Å². The normalized spacial score (nSPS) is 16.1. The highest BCUT2D eigenvalue weighted by Gasteiger charge is 2.17. The van der Waals surface area contributed by atoms with Gasteiger partial charge in [-0.3, -0.25) is 4.79 Å². The van der Waals surface area contributed by atoms with E-state index in [1.807, 2.05) is 0 Å². The van der Waals surface area contributed by atoms with Gasteiger partial charge in [0.2, 0.25) is 15.9 Å². The van der Waals surface area contributed by atoms with Gasteiger partial charge in [-0.05, 0) is 12.1 Å². The molecule has 0 aliphatic carbocycles. The first-order valence-electron chi connectivity index (χ1n) is 6.63. The second kappa shape index (κ2) is 6.83. The van der Waals surface area contributed by atoms with Crippen LogP contribution in [0.5, 0.6) is 0 Å². The third kappa shape index (κ3) is 4.03. The van der Waals surface area contributed by atoms with Gasteiger partial charge in [0, 0.05) is 39.1 Å². The maximum Gasteiger partial charge on any atom is 0.240 e. The van der Waals surface area contributed by atoms with Gasteiger partial charge in [0.1, 0.15) is 0 Å². The number of piperazine rings is 1. The van der Waals surface area contributed by atoms with Crippen molar-refractivity contribution >= 4 is 15.9 Å². The van der Waals surface area contributed by atoms with Gasteiger partial charge in [0.05, 0.1) is 4.90 Å². The third-order valence-electron chi connectivity index (χ3n) is 3.15. The molecule has 0 aromatic heterocycles. The number of nitrogens with one attached hydrogen (secondary N) is 2. The molecule has 0 spiro atoms. The minimum absolute atomic E-state index is 0.0118. The predicted molar refractivity (Wildman–Crippen MR) is 75.7 cm³/mol. The molecular formula is C13H19N3O3S. The Morgan fingerprint density at radius 3 is 2.50 bits per heavy atom. The minimum Gasteiger partial charge on any atom is -0.340 e. The van der Waals surface area contributed by atoms with Gasteiger partial charge >= 0.3 is 0 Å². The molecule has 1 amide bonds. The van der Waals surface area contributed by atoms with Crippen molar-refractivity contribution in [2.45, 2.75) is 11.3 Å². The first-order chi connectivity index (χ1) is 9.59. The van der Waals surface area contributed by atoms with Crippen molar-refractivity contribution in [2.24, 2.45) is 0 Å². The molecule has 0 radical (unpaired) electrons. The molecule has 1 aromatic carbocycles. The topological polar surface area (TPSA) is 78.5 Å². The van der Waals surface area contributed by atoms with Crippen LogP contribution in [-0.4, -0.2) is 51.9 Å². The van der Waals surface area contributed by atoms with E-state index in [0.29, 0.717) is 13.1 Å². The second-order valence-electron chi connectivity index (χ2n) is 4.59. The number of rotatable bonds is 5. The Kier molecular flexibility index (Phi) is 5.11. The molecule has 0 saturated carbocycles. The van der Waals surface area contributed by atoms with Crippen LogP contribution in [0.4, 0.5) is 0 Å². The molecule has 20 heavy (non-hydrogen) atoms. The molecule has 1 heterocycles. The highest BCUT2D eigenvalue weighted by Crippen LogP contribution is 2.07. The molecule has 7 heteroatoms. The maximum atomic E-state index is 11.9. The van der Waals surface area contributed by atoms with Crippen molar-refractivity contribution in [1.29, 1.82) is 0 Å². The van der Waals surface area contributed by atoms with Crippen LogP contribution in [0.25, 0.3) is 0 Å². The Hall–Kier alpha value is -1.44. The van der Waals surface area contributed by atoms with E-state index in [1.54, 1.807) is 23.1 Å². The van der Waals surface area contributed by atoms with Crippen LogP contribution in [0.3, 0.4) is 0 Å². The van der Waals surface area contributed by atoms with E-state index in [1.165, 1.54) is 12.1 Å².